The van der Waals surface area contributed by atoms with Crippen LogP contribution >= 0.6 is 0 Å². The van der Waals surface area contributed by atoms with Crippen molar-refractivity contribution >= 4 is 11.6 Å². The summed E-state index contributed by atoms with van der Waals surface area (Å²) in [5.41, 5.74) is 1.60. The molecule has 23 heavy (non-hydrogen) atoms. The Kier molecular flexibility index (Phi) is 3.42. The maximum atomic E-state index is 12.7. The number of hydrogen-bond donors (Lipinski definition) is 0. The molecule has 2 heteroatoms. The summed E-state index contributed by atoms with van der Waals surface area (Å²) in [4.78, 5) is 24.6. The first-order chi connectivity index (χ1) is 10.9. The lowest BCUT2D eigenvalue weighted by Crippen LogP contribution is -2.51. The molecule has 3 saturated carbocycles. The molecule has 0 saturated heterocycles. The second-order valence-electron chi connectivity index (χ2n) is 9.14. The summed E-state index contributed by atoms with van der Waals surface area (Å²) in [6.07, 6.45) is 10.2. The van der Waals surface area contributed by atoms with Gasteiger partial charge in [-0.3, -0.25) is 9.59 Å². The first-order valence-corrected chi connectivity index (χ1v) is 9.67. The highest BCUT2D eigenvalue weighted by molar-refractivity contribution is 5.91. The second kappa shape index (κ2) is 5.04. The summed E-state index contributed by atoms with van der Waals surface area (Å²) in [5, 5.41) is 0. The van der Waals surface area contributed by atoms with Crippen molar-refractivity contribution in [2.24, 2.45) is 34.5 Å². The predicted octanol–water partition coefficient (Wildman–Crippen LogP) is 4.72. The van der Waals surface area contributed by atoms with Crippen LogP contribution in [0.4, 0.5) is 0 Å². The predicted molar refractivity (Wildman–Crippen MR) is 90.9 cm³/mol. The van der Waals surface area contributed by atoms with Crippen molar-refractivity contribution in [1.82, 2.24) is 0 Å². The standard InChI is InChI=1S/C21H30O2/c1-4-13-11-18(23)21(3)10-8-17-16(19(13)21)6-5-14-12-15(22)7-9-20(14,17)2/h12-13,16-17,19H,4-11H2,1-3H3/t13-,16+,17-,19-,20-,21+/m0/s1. The van der Waals surface area contributed by atoms with Crippen LogP contribution in [-0.2, 0) is 9.59 Å². The van der Waals surface area contributed by atoms with Gasteiger partial charge in [0.05, 0.1) is 0 Å². The number of carbonyl (C=O) groups is 2. The van der Waals surface area contributed by atoms with Crippen LogP contribution in [0.2, 0.25) is 0 Å². The first-order valence-electron chi connectivity index (χ1n) is 9.67. The van der Waals surface area contributed by atoms with E-state index >= 15 is 0 Å². The van der Waals surface area contributed by atoms with Gasteiger partial charge in [-0.15, -0.1) is 0 Å². The number of ketones is 2. The Morgan fingerprint density at radius 3 is 2.61 bits per heavy atom. The summed E-state index contributed by atoms with van der Waals surface area (Å²) in [6.45, 7) is 6.95. The molecule has 4 aliphatic carbocycles. The van der Waals surface area contributed by atoms with E-state index in [1.807, 2.05) is 6.08 Å². The number of allylic oxidation sites excluding steroid dienone is 1. The van der Waals surface area contributed by atoms with Crippen molar-refractivity contribution in [1.29, 1.82) is 0 Å². The minimum absolute atomic E-state index is 0.0517. The van der Waals surface area contributed by atoms with E-state index in [-0.39, 0.29) is 10.8 Å². The molecule has 126 valence electrons. The fourth-order valence-electron chi connectivity index (χ4n) is 7.00. The Bertz CT molecular complexity index is 589. The van der Waals surface area contributed by atoms with Crippen LogP contribution in [0.5, 0.6) is 0 Å². The van der Waals surface area contributed by atoms with Crippen molar-refractivity contribution in [3.8, 4) is 0 Å². The molecule has 0 heterocycles. The molecule has 4 aliphatic rings. The molecule has 2 nitrogen and oxygen atoms in total. The lowest BCUT2D eigenvalue weighted by Gasteiger charge is -2.57. The molecule has 0 aromatic carbocycles. The minimum Gasteiger partial charge on any atom is -0.299 e. The molecule has 0 radical (unpaired) electrons. The SMILES string of the molecule is CC[C@H]1CC(=O)[C@@]2(C)CC[C@H]3[C@@H](CCC4=CC(=O)CC[C@@]43C)[C@H]12. The maximum Gasteiger partial charge on any atom is 0.155 e. The fourth-order valence-corrected chi connectivity index (χ4v) is 7.00. The molecular weight excluding hydrogens is 284 g/mol. The van der Waals surface area contributed by atoms with Gasteiger partial charge in [-0.1, -0.05) is 32.8 Å². The third-order valence-corrected chi connectivity index (χ3v) is 8.33. The Hall–Kier alpha value is -0.920. The lowest BCUT2D eigenvalue weighted by molar-refractivity contribution is -0.133. The van der Waals surface area contributed by atoms with E-state index in [0.717, 1.165) is 38.5 Å². The van der Waals surface area contributed by atoms with Crippen LogP contribution < -0.4 is 0 Å². The van der Waals surface area contributed by atoms with Gasteiger partial charge in [0.2, 0.25) is 0 Å². The van der Waals surface area contributed by atoms with Gasteiger partial charge in [0.15, 0.2) is 5.78 Å². The summed E-state index contributed by atoms with van der Waals surface area (Å²) in [5.74, 6) is 3.45. The van der Waals surface area contributed by atoms with Crippen LogP contribution in [0.15, 0.2) is 11.6 Å². The molecule has 6 atom stereocenters. The van der Waals surface area contributed by atoms with Gasteiger partial charge in [-0.05, 0) is 67.3 Å². The highest BCUT2D eigenvalue weighted by Crippen LogP contribution is 2.65. The smallest absolute Gasteiger partial charge is 0.155 e. The molecular formula is C21H30O2. The second-order valence-corrected chi connectivity index (χ2v) is 9.14. The molecule has 0 aromatic rings. The van der Waals surface area contributed by atoms with E-state index in [0.29, 0.717) is 35.2 Å². The highest BCUT2D eigenvalue weighted by Gasteiger charge is 2.61. The van der Waals surface area contributed by atoms with E-state index in [4.69, 9.17) is 0 Å². The van der Waals surface area contributed by atoms with E-state index < -0.39 is 0 Å². The van der Waals surface area contributed by atoms with Gasteiger partial charge in [0, 0.05) is 18.3 Å². The molecule has 0 bridgehead atoms. The quantitative estimate of drug-likeness (QED) is 0.701. The zero-order valence-corrected chi connectivity index (χ0v) is 14.9. The van der Waals surface area contributed by atoms with Gasteiger partial charge >= 0.3 is 0 Å². The fraction of sp³-hybridized carbons (Fsp3) is 0.810. The summed E-state index contributed by atoms with van der Waals surface area (Å²) in [7, 11) is 0. The average molecular weight is 314 g/mol. The molecule has 0 amide bonds. The minimum atomic E-state index is -0.0517. The summed E-state index contributed by atoms with van der Waals surface area (Å²) >= 11 is 0. The Balaban J connectivity index is 1.72. The van der Waals surface area contributed by atoms with Crippen LogP contribution in [0, 0.1) is 34.5 Å². The zero-order valence-electron chi connectivity index (χ0n) is 14.9. The van der Waals surface area contributed by atoms with Gasteiger partial charge in [-0.25, -0.2) is 0 Å². The maximum absolute atomic E-state index is 12.7. The normalized spacial score (nSPS) is 49.3. The van der Waals surface area contributed by atoms with Crippen molar-refractivity contribution in [3.63, 3.8) is 0 Å². The molecule has 4 rings (SSSR count). The van der Waals surface area contributed by atoms with Crippen molar-refractivity contribution in [3.05, 3.63) is 11.6 Å². The van der Waals surface area contributed by atoms with Crippen LogP contribution in [-0.4, -0.2) is 11.6 Å². The topological polar surface area (TPSA) is 34.1 Å². The summed E-state index contributed by atoms with van der Waals surface area (Å²) < 4.78 is 0. The molecule has 0 aliphatic heterocycles. The third kappa shape index (κ3) is 1.99. The largest absolute Gasteiger partial charge is 0.299 e. The van der Waals surface area contributed by atoms with Gasteiger partial charge in [-0.2, -0.15) is 0 Å². The Morgan fingerprint density at radius 2 is 1.87 bits per heavy atom. The molecule has 0 aromatic heterocycles. The average Bonchev–Trinajstić information content (AvgIpc) is 2.79. The Labute approximate surface area is 140 Å². The number of Topliss-reactive ketones (excluding diaryl/α,β-unsaturated/α-hetero) is 1. The Morgan fingerprint density at radius 1 is 1.09 bits per heavy atom. The van der Waals surface area contributed by atoms with E-state index in [1.54, 1.807) is 0 Å². The molecule has 0 spiro atoms. The van der Waals surface area contributed by atoms with Crippen LogP contribution in [0.1, 0.15) is 72.1 Å². The zero-order chi connectivity index (χ0) is 16.4. The third-order valence-electron chi connectivity index (χ3n) is 8.33. The van der Waals surface area contributed by atoms with Gasteiger partial charge in [0.25, 0.3) is 0 Å². The van der Waals surface area contributed by atoms with Gasteiger partial charge < -0.3 is 0 Å². The van der Waals surface area contributed by atoms with Crippen molar-refractivity contribution in [2.45, 2.75) is 72.1 Å². The highest BCUT2D eigenvalue weighted by atomic mass is 16.1. The van der Waals surface area contributed by atoms with Crippen LogP contribution in [0.3, 0.4) is 0 Å². The number of carbonyl (C=O) groups excluding carboxylic acids is 2. The van der Waals surface area contributed by atoms with E-state index in [2.05, 4.69) is 20.8 Å². The summed E-state index contributed by atoms with van der Waals surface area (Å²) in [6, 6.07) is 0. The molecule has 0 unspecified atom stereocenters. The first kappa shape index (κ1) is 15.6. The van der Waals surface area contributed by atoms with Crippen molar-refractivity contribution in [2.75, 3.05) is 0 Å². The van der Waals surface area contributed by atoms with Crippen molar-refractivity contribution < 1.29 is 9.59 Å². The molecule has 0 N–H and O–H groups in total. The lowest BCUT2D eigenvalue weighted by atomic mass is 9.46. The molecule has 3 fully saturated rings. The van der Waals surface area contributed by atoms with E-state index in [9.17, 15) is 9.59 Å². The monoisotopic (exact) mass is 314 g/mol. The number of rotatable bonds is 1. The number of fused-ring (bicyclic) bond motifs is 5. The van der Waals surface area contributed by atoms with E-state index in [1.165, 1.54) is 18.4 Å². The van der Waals surface area contributed by atoms with Gasteiger partial charge in [0.1, 0.15) is 5.78 Å². The van der Waals surface area contributed by atoms with Crippen LogP contribution in [0.25, 0.3) is 0 Å². The number of hydrogen-bond acceptors (Lipinski definition) is 2.